The van der Waals surface area contributed by atoms with Crippen molar-refractivity contribution in [3.05, 3.63) is 35.7 Å². The number of nitrogens with zero attached hydrogens (tertiary/aromatic N) is 2. The van der Waals surface area contributed by atoms with Gasteiger partial charge in [0.25, 0.3) is 5.22 Å². The van der Waals surface area contributed by atoms with E-state index in [2.05, 4.69) is 22.4 Å². The third-order valence-electron chi connectivity index (χ3n) is 4.75. The molecule has 1 aliphatic carbocycles. The van der Waals surface area contributed by atoms with E-state index < -0.39 is 0 Å². The fourth-order valence-corrected chi connectivity index (χ4v) is 3.78. The Labute approximate surface area is 158 Å². The number of benzene rings is 1. The second-order valence-electron chi connectivity index (χ2n) is 6.71. The van der Waals surface area contributed by atoms with Crippen LogP contribution in [0.15, 0.2) is 33.9 Å². The monoisotopic (exact) mass is 375 g/mol. The van der Waals surface area contributed by atoms with Crippen LogP contribution in [0.5, 0.6) is 5.75 Å². The molecule has 1 aromatic heterocycles. The lowest BCUT2D eigenvalue weighted by atomic mass is 9.86. The molecule has 1 saturated carbocycles. The maximum absolute atomic E-state index is 12.2. The minimum absolute atomic E-state index is 0.0312. The molecule has 6 nitrogen and oxygen atoms in total. The van der Waals surface area contributed by atoms with Gasteiger partial charge in [0.1, 0.15) is 5.75 Å². The average Bonchev–Trinajstić information content (AvgIpc) is 3.10. The van der Waals surface area contributed by atoms with Crippen molar-refractivity contribution >= 4 is 17.7 Å². The van der Waals surface area contributed by atoms with Gasteiger partial charge in [0.15, 0.2) is 0 Å². The molecule has 2 atom stereocenters. The fourth-order valence-electron chi connectivity index (χ4n) is 3.19. The molecule has 1 heterocycles. The molecule has 0 unspecified atom stereocenters. The number of methoxy groups -OCH3 is 1. The molecule has 0 bridgehead atoms. The smallest absolute Gasteiger partial charge is 0.277 e. The summed E-state index contributed by atoms with van der Waals surface area (Å²) in [5.41, 5.74) is 1.06. The Kier molecular flexibility index (Phi) is 6.55. The molecule has 1 fully saturated rings. The van der Waals surface area contributed by atoms with Gasteiger partial charge in [-0.15, -0.1) is 10.2 Å². The van der Waals surface area contributed by atoms with Crippen molar-refractivity contribution in [2.45, 2.75) is 50.3 Å². The number of rotatable bonds is 7. The lowest BCUT2D eigenvalue weighted by Crippen LogP contribution is -2.41. The summed E-state index contributed by atoms with van der Waals surface area (Å²) in [5, 5.41) is 11.6. The van der Waals surface area contributed by atoms with Crippen molar-refractivity contribution < 1.29 is 13.9 Å². The maximum atomic E-state index is 12.2. The van der Waals surface area contributed by atoms with E-state index in [-0.39, 0.29) is 5.91 Å². The molecule has 1 N–H and O–H groups in total. The van der Waals surface area contributed by atoms with E-state index in [9.17, 15) is 4.79 Å². The number of thioether (sulfide) groups is 1. The molecular weight excluding hydrogens is 350 g/mol. The van der Waals surface area contributed by atoms with E-state index in [1.54, 1.807) is 7.11 Å². The minimum Gasteiger partial charge on any atom is -0.497 e. The molecule has 1 aliphatic rings. The van der Waals surface area contributed by atoms with Crippen LogP contribution >= 0.6 is 11.8 Å². The number of aromatic nitrogens is 2. The summed E-state index contributed by atoms with van der Waals surface area (Å²) in [5.74, 6) is 2.24. The second-order valence-corrected chi connectivity index (χ2v) is 7.64. The Morgan fingerprint density at radius 2 is 2.04 bits per heavy atom. The minimum atomic E-state index is 0.0312. The molecular formula is C19H25N3O3S. The van der Waals surface area contributed by atoms with E-state index in [4.69, 9.17) is 9.15 Å². The van der Waals surface area contributed by atoms with E-state index in [0.29, 0.717) is 35.2 Å². The molecule has 3 rings (SSSR count). The molecule has 0 spiro atoms. The number of nitrogens with one attached hydrogen (secondary N) is 1. The third-order valence-corrected chi connectivity index (χ3v) is 5.57. The predicted molar refractivity (Wildman–Crippen MR) is 100 cm³/mol. The summed E-state index contributed by atoms with van der Waals surface area (Å²) in [6.45, 7) is 2.21. The van der Waals surface area contributed by atoms with Crippen molar-refractivity contribution in [3.8, 4) is 5.75 Å². The standard InChI is InChI=1S/C19H25N3O3S/c1-13-5-3-4-6-16(13)20-17(23)12-26-19-22-21-18(25-19)11-14-7-9-15(24-2)10-8-14/h7-10,13,16H,3-6,11-12H2,1-2H3,(H,20,23)/t13-,16-/m1/s1. The summed E-state index contributed by atoms with van der Waals surface area (Å²) in [6, 6.07) is 8.03. The highest BCUT2D eigenvalue weighted by molar-refractivity contribution is 7.99. The number of carbonyl (C=O) groups excluding carboxylic acids is 1. The van der Waals surface area contributed by atoms with Crippen LogP contribution in [0, 0.1) is 5.92 Å². The zero-order valence-corrected chi connectivity index (χ0v) is 16.1. The Bertz CT molecular complexity index is 717. The van der Waals surface area contributed by atoms with E-state index in [0.717, 1.165) is 17.7 Å². The number of hydrogen-bond donors (Lipinski definition) is 1. The maximum Gasteiger partial charge on any atom is 0.277 e. The van der Waals surface area contributed by atoms with Crippen molar-refractivity contribution in [2.24, 2.45) is 5.92 Å². The van der Waals surface area contributed by atoms with Gasteiger partial charge in [-0.2, -0.15) is 0 Å². The zero-order valence-electron chi connectivity index (χ0n) is 15.2. The summed E-state index contributed by atoms with van der Waals surface area (Å²) < 4.78 is 10.8. The highest BCUT2D eigenvalue weighted by Crippen LogP contribution is 2.24. The van der Waals surface area contributed by atoms with Gasteiger partial charge in [-0.1, -0.05) is 43.7 Å². The summed E-state index contributed by atoms with van der Waals surface area (Å²) in [4.78, 5) is 12.2. The second kappa shape index (κ2) is 9.07. The van der Waals surface area contributed by atoms with Crippen LogP contribution in [0.4, 0.5) is 0 Å². The van der Waals surface area contributed by atoms with Gasteiger partial charge < -0.3 is 14.5 Å². The van der Waals surface area contributed by atoms with Gasteiger partial charge >= 0.3 is 0 Å². The van der Waals surface area contributed by atoms with Gasteiger partial charge in [0.2, 0.25) is 11.8 Å². The molecule has 1 aromatic carbocycles. The van der Waals surface area contributed by atoms with Gasteiger partial charge in [-0.05, 0) is 36.5 Å². The first-order valence-corrected chi connectivity index (χ1v) is 10.00. The van der Waals surface area contributed by atoms with Gasteiger partial charge in [0.05, 0.1) is 19.3 Å². The van der Waals surface area contributed by atoms with Crippen LogP contribution in [0.3, 0.4) is 0 Å². The third kappa shape index (κ3) is 5.24. The first kappa shape index (κ1) is 18.8. The Hall–Kier alpha value is -2.02. The molecule has 7 heteroatoms. The van der Waals surface area contributed by atoms with Crippen LogP contribution in [0.1, 0.15) is 44.1 Å². The van der Waals surface area contributed by atoms with Crippen molar-refractivity contribution in [3.63, 3.8) is 0 Å². The largest absolute Gasteiger partial charge is 0.497 e. The molecule has 140 valence electrons. The number of amides is 1. The van der Waals surface area contributed by atoms with Crippen molar-refractivity contribution in [2.75, 3.05) is 12.9 Å². The van der Waals surface area contributed by atoms with E-state index in [1.807, 2.05) is 24.3 Å². The Balaban J connectivity index is 1.46. The van der Waals surface area contributed by atoms with Gasteiger partial charge in [0, 0.05) is 6.04 Å². The SMILES string of the molecule is COc1ccc(Cc2nnc(SCC(=O)N[C@@H]3CCCC[C@H]3C)o2)cc1. The first-order chi connectivity index (χ1) is 12.6. The molecule has 2 aromatic rings. The van der Waals surface area contributed by atoms with Crippen LogP contribution in [-0.2, 0) is 11.2 Å². The number of ether oxygens (including phenoxy) is 1. The van der Waals surface area contributed by atoms with Gasteiger partial charge in [-0.3, -0.25) is 4.79 Å². The van der Waals surface area contributed by atoms with E-state index in [1.165, 1.54) is 31.0 Å². The van der Waals surface area contributed by atoms with E-state index >= 15 is 0 Å². The lowest BCUT2D eigenvalue weighted by molar-refractivity contribution is -0.119. The average molecular weight is 375 g/mol. The lowest BCUT2D eigenvalue weighted by Gasteiger charge is -2.29. The summed E-state index contributed by atoms with van der Waals surface area (Å²) in [7, 11) is 1.64. The highest BCUT2D eigenvalue weighted by Gasteiger charge is 2.23. The zero-order chi connectivity index (χ0) is 18.4. The molecule has 1 amide bonds. The summed E-state index contributed by atoms with van der Waals surface area (Å²) >= 11 is 1.28. The number of hydrogen-bond acceptors (Lipinski definition) is 6. The molecule has 0 radical (unpaired) electrons. The molecule has 0 saturated heterocycles. The Morgan fingerprint density at radius 1 is 1.27 bits per heavy atom. The predicted octanol–water partition coefficient (Wildman–Crippen LogP) is 3.46. The highest BCUT2D eigenvalue weighted by atomic mass is 32.2. The quantitative estimate of drug-likeness (QED) is 0.747. The topological polar surface area (TPSA) is 77.2 Å². The molecule has 0 aliphatic heterocycles. The Morgan fingerprint density at radius 3 is 2.77 bits per heavy atom. The van der Waals surface area contributed by atoms with Crippen LogP contribution in [-0.4, -0.2) is 35.0 Å². The van der Waals surface area contributed by atoms with Crippen LogP contribution in [0.25, 0.3) is 0 Å². The fraction of sp³-hybridized carbons (Fsp3) is 0.526. The van der Waals surface area contributed by atoms with Crippen molar-refractivity contribution in [1.29, 1.82) is 0 Å². The molecule has 26 heavy (non-hydrogen) atoms. The van der Waals surface area contributed by atoms with Crippen LogP contribution < -0.4 is 10.1 Å². The number of carbonyl (C=O) groups is 1. The van der Waals surface area contributed by atoms with Crippen molar-refractivity contribution in [1.82, 2.24) is 15.5 Å². The summed E-state index contributed by atoms with van der Waals surface area (Å²) in [6.07, 6.45) is 5.28. The van der Waals surface area contributed by atoms with Gasteiger partial charge in [-0.25, -0.2) is 0 Å². The first-order valence-electron chi connectivity index (χ1n) is 9.01. The normalized spacial score (nSPS) is 19.9. The van der Waals surface area contributed by atoms with Crippen LogP contribution in [0.2, 0.25) is 0 Å².